The second-order valence-corrected chi connectivity index (χ2v) is 2.02. The molecule has 0 N–H and O–H groups in total. The van der Waals surface area contributed by atoms with Crippen LogP contribution in [0.25, 0.3) is 0 Å². The third kappa shape index (κ3) is 1.23. The highest BCUT2D eigenvalue weighted by Gasteiger charge is 2.18. The minimum atomic E-state index is -0.334. The van der Waals surface area contributed by atoms with Crippen molar-refractivity contribution in [3.05, 3.63) is 11.8 Å². The van der Waals surface area contributed by atoms with Gasteiger partial charge in [-0.25, -0.2) is 9.79 Å². The van der Waals surface area contributed by atoms with Gasteiger partial charge in [-0.3, -0.25) is 0 Å². The summed E-state index contributed by atoms with van der Waals surface area (Å²) in [5.41, 5.74) is 0.431. The van der Waals surface area contributed by atoms with Crippen LogP contribution in [0.15, 0.2) is 16.8 Å². The van der Waals surface area contributed by atoms with E-state index in [4.69, 9.17) is 0 Å². The van der Waals surface area contributed by atoms with E-state index in [0.29, 0.717) is 11.6 Å². The standard InChI is InChI=1S/C7H9NO2/c1-3-4-6-7(9)10-5(2)8-6/h4H,3H2,1-2H3. The van der Waals surface area contributed by atoms with Crippen molar-refractivity contribution in [2.45, 2.75) is 20.3 Å². The van der Waals surface area contributed by atoms with Crippen molar-refractivity contribution < 1.29 is 9.53 Å². The molecule has 0 atom stereocenters. The number of carbonyl (C=O) groups is 1. The van der Waals surface area contributed by atoms with E-state index in [0.717, 1.165) is 6.42 Å². The highest BCUT2D eigenvalue weighted by Crippen LogP contribution is 2.10. The topological polar surface area (TPSA) is 38.7 Å². The fourth-order valence-electron chi connectivity index (χ4n) is 0.747. The first-order chi connectivity index (χ1) is 4.74. The largest absolute Gasteiger partial charge is 0.407 e. The van der Waals surface area contributed by atoms with Crippen LogP contribution in [0.5, 0.6) is 0 Å². The highest BCUT2D eigenvalue weighted by molar-refractivity contribution is 6.03. The van der Waals surface area contributed by atoms with Gasteiger partial charge in [0.2, 0.25) is 0 Å². The lowest BCUT2D eigenvalue weighted by Gasteiger charge is -1.86. The molecule has 0 fully saturated rings. The zero-order valence-corrected chi connectivity index (χ0v) is 6.05. The summed E-state index contributed by atoms with van der Waals surface area (Å²) < 4.78 is 4.67. The zero-order chi connectivity index (χ0) is 7.56. The Balaban J connectivity index is 2.79. The number of hydrogen-bond donors (Lipinski definition) is 0. The molecule has 1 aliphatic heterocycles. The van der Waals surface area contributed by atoms with Crippen LogP contribution in [-0.4, -0.2) is 11.9 Å². The molecule has 1 aliphatic rings. The van der Waals surface area contributed by atoms with Crippen molar-refractivity contribution in [3.63, 3.8) is 0 Å². The Morgan fingerprint density at radius 1 is 1.70 bits per heavy atom. The van der Waals surface area contributed by atoms with E-state index in [-0.39, 0.29) is 5.97 Å². The molecule has 1 rings (SSSR count). The van der Waals surface area contributed by atoms with Crippen molar-refractivity contribution in [1.82, 2.24) is 0 Å². The lowest BCUT2D eigenvalue weighted by atomic mass is 10.3. The van der Waals surface area contributed by atoms with Crippen LogP contribution in [0.1, 0.15) is 20.3 Å². The van der Waals surface area contributed by atoms with Crippen molar-refractivity contribution in [2.75, 3.05) is 0 Å². The van der Waals surface area contributed by atoms with E-state index in [1.54, 1.807) is 13.0 Å². The number of nitrogens with zero attached hydrogens (tertiary/aromatic N) is 1. The molecule has 0 aromatic rings. The van der Waals surface area contributed by atoms with E-state index >= 15 is 0 Å². The summed E-state index contributed by atoms with van der Waals surface area (Å²) in [6, 6.07) is 0. The first kappa shape index (κ1) is 6.99. The summed E-state index contributed by atoms with van der Waals surface area (Å²) in [7, 11) is 0. The number of allylic oxidation sites excluding steroid dienone is 1. The fraction of sp³-hybridized carbons (Fsp3) is 0.429. The number of rotatable bonds is 1. The van der Waals surface area contributed by atoms with Gasteiger partial charge in [0.25, 0.3) is 0 Å². The second kappa shape index (κ2) is 2.64. The van der Waals surface area contributed by atoms with Crippen molar-refractivity contribution in [2.24, 2.45) is 4.99 Å². The maximum atomic E-state index is 10.8. The first-order valence-electron chi connectivity index (χ1n) is 3.21. The van der Waals surface area contributed by atoms with Crippen molar-refractivity contribution >= 4 is 11.9 Å². The molecule has 3 heteroatoms. The molecule has 0 spiro atoms. The number of cyclic esters (lactones) is 1. The van der Waals surface area contributed by atoms with Gasteiger partial charge in [-0.05, 0) is 6.42 Å². The maximum Gasteiger partial charge on any atom is 0.363 e. The molecule has 10 heavy (non-hydrogen) atoms. The van der Waals surface area contributed by atoms with Gasteiger partial charge in [-0.1, -0.05) is 13.0 Å². The number of hydrogen-bond acceptors (Lipinski definition) is 3. The molecule has 0 unspecified atom stereocenters. The van der Waals surface area contributed by atoms with Crippen LogP contribution in [0.2, 0.25) is 0 Å². The second-order valence-electron chi connectivity index (χ2n) is 2.02. The smallest absolute Gasteiger partial charge is 0.363 e. The van der Waals surface area contributed by atoms with E-state index in [2.05, 4.69) is 9.73 Å². The summed E-state index contributed by atoms with van der Waals surface area (Å²) in [6.45, 7) is 3.61. The molecule has 0 amide bonds. The Bertz CT molecular complexity index is 216. The third-order valence-corrected chi connectivity index (χ3v) is 1.12. The van der Waals surface area contributed by atoms with Gasteiger partial charge in [0.1, 0.15) is 5.70 Å². The number of esters is 1. The van der Waals surface area contributed by atoms with Gasteiger partial charge in [0.15, 0.2) is 5.90 Å². The molecule has 3 nitrogen and oxygen atoms in total. The minimum Gasteiger partial charge on any atom is -0.407 e. The lowest BCUT2D eigenvalue weighted by Crippen LogP contribution is -1.99. The fourth-order valence-corrected chi connectivity index (χ4v) is 0.747. The van der Waals surface area contributed by atoms with Gasteiger partial charge in [0.05, 0.1) is 0 Å². The molecule has 54 valence electrons. The van der Waals surface area contributed by atoms with Gasteiger partial charge in [-0.15, -0.1) is 0 Å². The Morgan fingerprint density at radius 2 is 2.40 bits per heavy atom. The van der Waals surface area contributed by atoms with E-state index in [9.17, 15) is 4.79 Å². The predicted octanol–water partition coefficient (Wildman–Crippen LogP) is 1.26. The summed E-state index contributed by atoms with van der Waals surface area (Å²) in [5, 5.41) is 0. The van der Waals surface area contributed by atoms with Crippen LogP contribution in [0.4, 0.5) is 0 Å². The normalized spacial score (nSPS) is 21.2. The van der Waals surface area contributed by atoms with Crippen LogP contribution in [0, 0.1) is 0 Å². The lowest BCUT2D eigenvalue weighted by molar-refractivity contribution is -0.130. The Morgan fingerprint density at radius 3 is 2.80 bits per heavy atom. The SMILES string of the molecule is CCC=C1N=C(C)OC1=O. The summed E-state index contributed by atoms with van der Waals surface area (Å²) in [5.74, 6) is 0.101. The van der Waals surface area contributed by atoms with E-state index < -0.39 is 0 Å². The van der Waals surface area contributed by atoms with Gasteiger partial charge in [0, 0.05) is 6.92 Å². The summed E-state index contributed by atoms with van der Waals surface area (Å²) in [4.78, 5) is 14.6. The molecule has 0 radical (unpaired) electrons. The molecule has 0 bridgehead atoms. The molecule has 1 heterocycles. The number of carbonyl (C=O) groups excluding carboxylic acids is 1. The van der Waals surface area contributed by atoms with Crippen molar-refractivity contribution in [1.29, 1.82) is 0 Å². The molecule has 0 aliphatic carbocycles. The Kier molecular flexibility index (Phi) is 1.85. The monoisotopic (exact) mass is 139 g/mol. The molecular weight excluding hydrogens is 130 g/mol. The Labute approximate surface area is 59.4 Å². The van der Waals surface area contributed by atoms with Crippen LogP contribution < -0.4 is 0 Å². The van der Waals surface area contributed by atoms with Crippen LogP contribution in [0.3, 0.4) is 0 Å². The predicted molar refractivity (Wildman–Crippen MR) is 37.6 cm³/mol. The summed E-state index contributed by atoms with van der Waals surface area (Å²) in [6.07, 6.45) is 2.56. The molecular formula is C7H9NO2. The van der Waals surface area contributed by atoms with E-state index in [1.807, 2.05) is 6.92 Å². The third-order valence-electron chi connectivity index (χ3n) is 1.12. The van der Waals surface area contributed by atoms with Crippen molar-refractivity contribution in [3.8, 4) is 0 Å². The van der Waals surface area contributed by atoms with Crippen LogP contribution >= 0.6 is 0 Å². The maximum absolute atomic E-state index is 10.8. The number of aliphatic imine (C=N–C) groups is 1. The zero-order valence-electron chi connectivity index (χ0n) is 6.05. The average Bonchev–Trinajstić information content (AvgIpc) is 2.13. The van der Waals surface area contributed by atoms with Gasteiger partial charge < -0.3 is 4.74 Å². The molecule has 0 saturated carbocycles. The van der Waals surface area contributed by atoms with Gasteiger partial charge >= 0.3 is 5.97 Å². The Hall–Kier alpha value is -1.12. The molecule has 0 saturated heterocycles. The van der Waals surface area contributed by atoms with Gasteiger partial charge in [-0.2, -0.15) is 0 Å². The molecule has 0 aromatic heterocycles. The van der Waals surface area contributed by atoms with Crippen LogP contribution in [-0.2, 0) is 9.53 Å². The quantitative estimate of drug-likeness (QED) is 0.405. The van der Waals surface area contributed by atoms with E-state index in [1.165, 1.54) is 0 Å². The highest BCUT2D eigenvalue weighted by atomic mass is 16.6. The average molecular weight is 139 g/mol. The molecule has 0 aromatic carbocycles. The minimum absolute atomic E-state index is 0.334. The number of ether oxygens (including phenoxy) is 1. The first-order valence-corrected chi connectivity index (χ1v) is 3.21. The summed E-state index contributed by atoms with van der Waals surface area (Å²) >= 11 is 0.